The molecule has 0 aromatic carbocycles. The molecule has 6 nitrogen and oxygen atoms in total. The molecule has 0 atom stereocenters. The van der Waals surface area contributed by atoms with Gasteiger partial charge in [-0.2, -0.15) is 5.10 Å². The predicted molar refractivity (Wildman–Crippen MR) is 65.6 cm³/mol. The summed E-state index contributed by atoms with van der Waals surface area (Å²) in [6, 6.07) is 0. The second-order valence-corrected chi connectivity index (χ2v) is 3.75. The van der Waals surface area contributed by atoms with Gasteiger partial charge in [-0.05, 0) is 20.3 Å². The molecule has 0 unspecified atom stereocenters. The van der Waals surface area contributed by atoms with Gasteiger partial charge in [-0.3, -0.25) is 9.48 Å². The quantitative estimate of drug-likeness (QED) is 0.750. The molecule has 0 spiro atoms. The van der Waals surface area contributed by atoms with Gasteiger partial charge in [0.1, 0.15) is 0 Å². The summed E-state index contributed by atoms with van der Waals surface area (Å²) < 4.78 is 1.64. The summed E-state index contributed by atoms with van der Waals surface area (Å²) in [6.45, 7) is 5.68. The Balaban J connectivity index is 2.81. The van der Waals surface area contributed by atoms with Gasteiger partial charge in [-0.25, -0.2) is 0 Å². The van der Waals surface area contributed by atoms with E-state index < -0.39 is 0 Å². The average molecular weight is 240 g/mol. The number of rotatable bonds is 6. The molecule has 6 heteroatoms. The highest BCUT2D eigenvalue weighted by atomic mass is 16.3. The maximum absolute atomic E-state index is 12.1. The van der Waals surface area contributed by atoms with Crippen molar-refractivity contribution in [1.82, 2.24) is 14.7 Å². The first kappa shape index (κ1) is 13.5. The van der Waals surface area contributed by atoms with Crippen molar-refractivity contribution in [3.63, 3.8) is 0 Å². The van der Waals surface area contributed by atoms with Gasteiger partial charge in [-0.15, -0.1) is 0 Å². The minimum atomic E-state index is -0.175. The first-order valence-corrected chi connectivity index (χ1v) is 5.87. The molecule has 96 valence electrons. The third-order valence-electron chi connectivity index (χ3n) is 2.57. The van der Waals surface area contributed by atoms with Crippen LogP contribution in [0.15, 0.2) is 6.20 Å². The average Bonchev–Trinajstić information content (AvgIpc) is 2.71. The fourth-order valence-corrected chi connectivity index (χ4v) is 1.58. The lowest BCUT2D eigenvalue weighted by Crippen LogP contribution is -2.33. The topological polar surface area (TPSA) is 84.4 Å². The zero-order valence-electron chi connectivity index (χ0n) is 10.4. The number of nitrogens with zero attached hydrogens (tertiary/aromatic N) is 3. The molecule has 1 heterocycles. The van der Waals surface area contributed by atoms with Crippen molar-refractivity contribution in [3.8, 4) is 0 Å². The Morgan fingerprint density at radius 2 is 2.29 bits per heavy atom. The summed E-state index contributed by atoms with van der Waals surface area (Å²) >= 11 is 0. The summed E-state index contributed by atoms with van der Waals surface area (Å²) in [4.78, 5) is 13.8. The van der Waals surface area contributed by atoms with Crippen molar-refractivity contribution in [3.05, 3.63) is 11.9 Å². The highest BCUT2D eigenvalue weighted by Gasteiger charge is 2.19. The lowest BCUT2D eigenvalue weighted by molar-refractivity contribution is 0.0748. The molecule has 1 rings (SSSR count). The van der Waals surface area contributed by atoms with E-state index in [1.165, 1.54) is 0 Å². The van der Waals surface area contributed by atoms with Gasteiger partial charge in [0, 0.05) is 32.4 Å². The Kier molecular flexibility index (Phi) is 4.96. The van der Waals surface area contributed by atoms with Crippen LogP contribution in [-0.2, 0) is 6.54 Å². The van der Waals surface area contributed by atoms with E-state index in [1.54, 1.807) is 15.8 Å². The molecule has 0 radical (unpaired) electrons. The van der Waals surface area contributed by atoms with E-state index in [0.717, 1.165) is 0 Å². The van der Waals surface area contributed by atoms with E-state index in [0.29, 0.717) is 37.4 Å². The molecule has 0 saturated heterocycles. The molecule has 0 fully saturated rings. The molecule has 1 aromatic heterocycles. The Morgan fingerprint density at radius 1 is 1.59 bits per heavy atom. The van der Waals surface area contributed by atoms with E-state index in [4.69, 9.17) is 10.8 Å². The van der Waals surface area contributed by atoms with E-state index in [2.05, 4.69) is 5.10 Å². The monoisotopic (exact) mass is 240 g/mol. The molecular formula is C11H20N4O2. The number of anilines is 1. The number of hydrogen-bond donors (Lipinski definition) is 2. The van der Waals surface area contributed by atoms with Gasteiger partial charge < -0.3 is 15.7 Å². The molecule has 0 aliphatic carbocycles. The van der Waals surface area contributed by atoms with E-state index in [-0.39, 0.29) is 12.5 Å². The SMILES string of the molecule is CCN(CCCO)C(=O)c1nn(CC)cc1N. The Bertz CT molecular complexity index is 376. The van der Waals surface area contributed by atoms with Crippen LogP contribution in [-0.4, -0.2) is 45.4 Å². The van der Waals surface area contributed by atoms with Gasteiger partial charge in [0.2, 0.25) is 0 Å². The minimum Gasteiger partial charge on any atom is -0.396 e. The Labute approximate surface area is 101 Å². The Hall–Kier alpha value is -1.56. The standard InChI is InChI=1S/C11H20N4O2/c1-3-14(6-5-7-16)11(17)10-9(12)8-15(4-2)13-10/h8,16H,3-7,12H2,1-2H3. The molecular weight excluding hydrogens is 220 g/mol. The smallest absolute Gasteiger partial charge is 0.276 e. The summed E-state index contributed by atoms with van der Waals surface area (Å²) in [6.07, 6.45) is 2.22. The highest BCUT2D eigenvalue weighted by molar-refractivity contribution is 5.97. The van der Waals surface area contributed by atoms with Crippen LogP contribution < -0.4 is 5.73 Å². The van der Waals surface area contributed by atoms with Crippen molar-refractivity contribution in [2.45, 2.75) is 26.8 Å². The lowest BCUT2D eigenvalue weighted by atomic mass is 10.3. The maximum atomic E-state index is 12.1. The fourth-order valence-electron chi connectivity index (χ4n) is 1.58. The maximum Gasteiger partial charge on any atom is 0.276 e. The van der Waals surface area contributed by atoms with Crippen molar-refractivity contribution < 1.29 is 9.90 Å². The summed E-state index contributed by atoms with van der Waals surface area (Å²) in [7, 11) is 0. The first-order valence-electron chi connectivity index (χ1n) is 5.87. The molecule has 1 amide bonds. The van der Waals surface area contributed by atoms with Crippen LogP contribution in [0.4, 0.5) is 5.69 Å². The third kappa shape index (κ3) is 3.20. The fraction of sp³-hybridized carbons (Fsp3) is 0.636. The molecule has 0 bridgehead atoms. The van der Waals surface area contributed by atoms with Gasteiger partial charge in [0.25, 0.3) is 5.91 Å². The predicted octanol–water partition coefficient (Wildman–Crippen LogP) is 0.330. The summed E-state index contributed by atoms with van der Waals surface area (Å²) in [5.74, 6) is -0.175. The molecule has 0 aliphatic heterocycles. The van der Waals surface area contributed by atoms with Crippen molar-refractivity contribution in [2.24, 2.45) is 0 Å². The number of amides is 1. The van der Waals surface area contributed by atoms with E-state index in [1.807, 2.05) is 13.8 Å². The number of aliphatic hydroxyl groups excluding tert-OH is 1. The molecule has 1 aromatic rings. The van der Waals surface area contributed by atoms with Crippen molar-refractivity contribution in [1.29, 1.82) is 0 Å². The normalized spacial score (nSPS) is 10.5. The van der Waals surface area contributed by atoms with Crippen molar-refractivity contribution in [2.75, 3.05) is 25.4 Å². The van der Waals surface area contributed by atoms with Crippen LogP contribution in [0.2, 0.25) is 0 Å². The highest BCUT2D eigenvalue weighted by Crippen LogP contribution is 2.12. The number of hydrogen-bond acceptors (Lipinski definition) is 4. The Morgan fingerprint density at radius 3 is 2.76 bits per heavy atom. The van der Waals surface area contributed by atoms with E-state index >= 15 is 0 Å². The first-order chi connectivity index (χ1) is 8.13. The largest absolute Gasteiger partial charge is 0.396 e. The molecule has 3 N–H and O–H groups in total. The second-order valence-electron chi connectivity index (χ2n) is 3.75. The number of aliphatic hydroxyl groups is 1. The molecule has 0 aliphatic rings. The summed E-state index contributed by atoms with van der Waals surface area (Å²) in [5, 5.41) is 12.9. The lowest BCUT2D eigenvalue weighted by Gasteiger charge is -2.19. The zero-order valence-corrected chi connectivity index (χ0v) is 10.4. The van der Waals surface area contributed by atoms with E-state index in [9.17, 15) is 4.79 Å². The van der Waals surface area contributed by atoms with Crippen LogP contribution >= 0.6 is 0 Å². The number of aromatic nitrogens is 2. The number of nitrogens with two attached hydrogens (primary N) is 1. The van der Waals surface area contributed by atoms with Crippen LogP contribution in [0, 0.1) is 0 Å². The molecule has 0 saturated carbocycles. The zero-order chi connectivity index (χ0) is 12.8. The van der Waals surface area contributed by atoms with Gasteiger partial charge in [0.05, 0.1) is 5.69 Å². The van der Waals surface area contributed by atoms with Crippen molar-refractivity contribution >= 4 is 11.6 Å². The van der Waals surface area contributed by atoms with Gasteiger partial charge >= 0.3 is 0 Å². The number of nitrogen functional groups attached to an aromatic ring is 1. The van der Waals surface area contributed by atoms with Crippen LogP contribution in [0.5, 0.6) is 0 Å². The van der Waals surface area contributed by atoms with Gasteiger partial charge in [-0.1, -0.05) is 0 Å². The number of carbonyl (C=O) groups is 1. The third-order valence-corrected chi connectivity index (χ3v) is 2.57. The van der Waals surface area contributed by atoms with Crippen LogP contribution in [0.25, 0.3) is 0 Å². The van der Waals surface area contributed by atoms with Crippen LogP contribution in [0.1, 0.15) is 30.8 Å². The second kappa shape index (κ2) is 6.24. The number of aryl methyl sites for hydroxylation is 1. The van der Waals surface area contributed by atoms with Crippen LogP contribution in [0.3, 0.4) is 0 Å². The molecule has 17 heavy (non-hydrogen) atoms. The number of carbonyl (C=O) groups excluding carboxylic acids is 1. The minimum absolute atomic E-state index is 0.0721. The summed E-state index contributed by atoms with van der Waals surface area (Å²) in [5.41, 5.74) is 6.46. The van der Waals surface area contributed by atoms with Gasteiger partial charge in [0.15, 0.2) is 5.69 Å².